The molecule has 0 saturated heterocycles. The zero-order valence-corrected chi connectivity index (χ0v) is 13.0. The SMILES string of the molecule is CC1(C)N=C(Oc2ncccc2C(=O)O)c2cc(C#N)ccc2O1. The van der Waals surface area contributed by atoms with Gasteiger partial charge < -0.3 is 14.6 Å². The lowest BCUT2D eigenvalue weighted by atomic mass is 10.1. The van der Waals surface area contributed by atoms with Crippen LogP contribution in [0.5, 0.6) is 11.6 Å². The van der Waals surface area contributed by atoms with Crippen molar-refractivity contribution < 1.29 is 19.4 Å². The van der Waals surface area contributed by atoms with Crippen molar-refractivity contribution in [3.05, 3.63) is 53.2 Å². The van der Waals surface area contributed by atoms with Gasteiger partial charge in [-0.2, -0.15) is 5.26 Å². The molecule has 0 bridgehead atoms. The molecule has 0 unspecified atom stereocenters. The monoisotopic (exact) mass is 323 g/mol. The van der Waals surface area contributed by atoms with Crippen molar-refractivity contribution >= 4 is 11.9 Å². The number of pyridine rings is 1. The number of fused-ring (bicyclic) bond motifs is 1. The van der Waals surface area contributed by atoms with Crippen LogP contribution in [-0.2, 0) is 0 Å². The molecule has 1 aromatic heterocycles. The molecule has 120 valence electrons. The topological polar surface area (TPSA) is 105 Å². The Kier molecular flexibility index (Phi) is 3.66. The average molecular weight is 323 g/mol. The van der Waals surface area contributed by atoms with Crippen LogP contribution in [0.3, 0.4) is 0 Å². The van der Waals surface area contributed by atoms with Crippen molar-refractivity contribution in [1.29, 1.82) is 5.26 Å². The Morgan fingerprint density at radius 1 is 1.38 bits per heavy atom. The van der Waals surface area contributed by atoms with Crippen LogP contribution in [0.15, 0.2) is 41.5 Å². The van der Waals surface area contributed by atoms with Gasteiger partial charge in [-0.15, -0.1) is 0 Å². The van der Waals surface area contributed by atoms with Crippen LogP contribution in [-0.4, -0.2) is 27.7 Å². The Hall–Kier alpha value is -3.40. The van der Waals surface area contributed by atoms with Crippen LogP contribution in [0.2, 0.25) is 0 Å². The highest BCUT2D eigenvalue weighted by atomic mass is 16.5. The predicted molar refractivity (Wildman–Crippen MR) is 84.2 cm³/mol. The lowest BCUT2D eigenvalue weighted by Gasteiger charge is -2.29. The minimum absolute atomic E-state index is 0.0743. The third-order valence-corrected chi connectivity index (χ3v) is 3.26. The van der Waals surface area contributed by atoms with Crippen LogP contribution >= 0.6 is 0 Å². The van der Waals surface area contributed by atoms with Gasteiger partial charge in [-0.3, -0.25) is 0 Å². The van der Waals surface area contributed by atoms with Gasteiger partial charge in [0.1, 0.15) is 11.3 Å². The summed E-state index contributed by atoms with van der Waals surface area (Å²) in [6, 6.07) is 9.79. The van der Waals surface area contributed by atoms with E-state index in [0.29, 0.717) is 16.9 Å². The number of carboxylic acid groups (broad SMARTS) is 1. The quantitative estimate of drug-likeness (QED) is 0.910. The number of aliphatic imine (C=N–C) groups is 1. The van der Waals surface area contributed by atoms with E-state index >= 15 is 0 Å². The van der Waals surface area contributed by atoms with Gasteiger partial charge in [0, 0.05) is 6.20 Å². The molecule has 0 amide bonds. The van der Waals surface area contributed by atoms with Crippen molar-refractivity contribution in [2.24, 2.45) is 4.99 Å². The molecule has 0 radical (unpaired) electrons. The highest BCUT2D eigenvalue weighted by Gasteiger charge is 2.30. The number of aromatic carboxylic acids is 1. The summed E-state index contributed by atoms with van der Waals surface area (Å²) in [6.45, 7) is 3.49. The molecule has 0 saturated carbocycles. The van der Waals surface area contributed by atoms with Gasteiger partial charge in [-0.05, 0) is 44.2 Å². The maximum atomic E-state index is 11.3. The van der Waals surface area contributed by atoms with Crippen LogP contribution in [0.4, 0.5) is 0 Å². The maximum absolute atomic E-state index is 11.3. The van der Waals surface area contributed by atoms with Crippen LogP contribution in [0, 0.1) is 11.3 Å². The zero-order valence-electron chi connectivity index (χ0n) is 13.0. The Morgan fingerprint density at radius 3 is 2.88 bits per heavy atom. The number of aromatic nitrogens is 1. The second kappa shape index (κ2) is 5.66. The van der Waals surface area contributed by atoms with E-state index in [4.69, 9.17) is 14.7 Å². The molecule has 1 aromatic carbocycles. The van der Waals surface area contributed by atoms with Gasteiger partial charge in [0.2, 0.25) is 11.8 Å². The number of carbonyl (C=O) groups is 1. The van der Waals surface area contributed by atoms with Gasteiger partial charge in [0.05, 0.1) is 17.2 Å². The smallest absolute Gasteiger partial charge is 0.341 e. The molecular formula is C17H13N3O4. The highest BCUT2D eigenvalue weighted by Crippen LogP contribution is 2.32. The minimum atomic E-state index is -1.16. The van der Waals surface area contributed by atoms with Crippen LogP contribution < -0.4 is 9.47 Å². The molecule has 7 heteroatoms. The van der Waals surface area contributed by atoms with Crippen molar-refractivity contribution in [2.75, 3.05) is 0 Å². The van der Waals surface area contributed by atoms with E-state index in [1.807, 2.05) is 6.07 Å². The molecule has 0 atom stereocenters. The number of rotatable bonds is 2. The molecule has 3 rings (SSSR count). The molecule has 0 fully saturated rings. The summed E-state index contributed by atoms with van der Waals surface area (Å²) < 4.78 is 11.4. The maximum Gasteiger partial charge on any atom is 0.341 e. The van der Waals surface area contributed by atoms with Crippen molar-refractivity contribution in [3.63, 3.8) is 0 Å². The number of hydrogen-bond acceptors (Lipinski definition) is 6. The van der Waals surface area contributed by atoms with E-state index < -0.39 is 11.7 Å². The number of hydrogen-bond donors (Lipinski definition) is 1. The average Bonchev–Trinajstić information content (AvgIpc) is 2.54. The van der Waals surface area contributed by atoms with E-state index in [9.17, 15) is 9.90 Å². The molecule has 2 aromatic rings. The fourth-order valence-electron chi connectivity index (χ4n) is 2.26. The van der Waals surface area contributed by atoms with Gasteiger partial charge in [0.25, 0.3) is 0 Å². The fraction of sp³-hybridized carbons (Fsp3) is 0.176. The number of benzene rings is 1. The van der Waals surface area contributed by atoms with Crippen molar-refractivity contribution in [2.45, 2.75) is 19.6 Å². The van der Waals surface area contributed by atoms with Gasteiger partial charge in [0.15, 0.2) is 5.72 Å². The standard InChI is InChI=1S/C17H13N3O4/c1-17(2)20-15(12-8-10(9-18)5-6-13(12)24-17)23-14-11(16(21)22)4-3-7-19-14/h3-8H,1-2H3,(H,21,22). The first-order chi connectivity index (χ1) is 11.4. The first-order valence-electron chi connectivity index (χ1n) is 7.09. The molecule has 0 aliphatic carbocycles. The highest BCUT2D eigenvalue weighted by molar-refractivity contribution is 6.00. The first-order valence-corrected chi connectivity index (χ1v) is 7.09. The normalized spacial score (nSPS) is 14.6. The largest absolute Gasteiger partial charge is 0.477 e. The summed E-state index contributed by atoms with van der Waals surface area (Å²) in [7, 11) is 0. The van der Waals surface area contributed by atoms with E-state index in [2.05, 4.69) is 9.98 Å². The van der Waals surface area contributed by atoms with E-state index in [1.54, 1.807) is 32.0 Å². The molecule has 7 nitrogen and oxygen atoms in total. The van der Waals surface area contributed by atoms with Gasteiger partial charge in [-0.25, -0.2) is 14.8 Å². The second-order valence-electron chi connectivity index (χ2n) is 5.55. The summed E-state index contributed by atoms with van der Waals surface area (Å²) in [6.07, 6.45) is 1.43. The van der Waals surface area contributed by atoms with Crippen LogP contribution in [0.1, 0.15) is 35.3 Å². The summed E-state index contributed by atoms with van der Waals surface area (Å²) in [4.78, 5) is 19.6. The Labute approximate surface area is 137 Å². The molecule has 1 aliphatic rings. The molecule has 1 aliphatic heterocycles. The molecular weight excluding hydrogens is 310 g/mol. The minimum Gasteiger partial charge on any atom is -0.477 e. The van der Waals surface area contributed by atoms with Gasteiger partial charge >= 0.3 is 5.97 Å². The third-order valence-electron chi connectivity index (χ3n) is 3.26. The molecule has 0 spiro atoms. The Morgan fingerprint density at radius 2 is 2.17 bits per heavy atom. The third kappa shape index (κ3) is 2.90. The van der Waals surface area contributed by atoms with Crippen molar-refractivity contribution in [1.82, 2.24) is 4.98 Å². The number of carboxylic acids is 1. The predicted octanol–water partition coefficient (Wildman–Crippen LogP) is 2.61. The summed E-state index contributed by atoms with van der Waals surface area (Å²) in [5, 5.41) is 18.3. The Bertz CT molecular complexity index is 897. The van der Waals surface area contributed by atoms with Crippen LogP contribution in [0.25, 0.3) is 0 Å². The van der Waals surface area contributed by atoms with Gasteiger partial charge in [-0.1, -0.05) is 0 Å². The zero-order chi connectivity index (χ0) is 17.3. The molecule has 24 heavy (non-hydrogen) atoms. The molecule has 2 heterocycles. The number of nitrogens with zero attached hydrogens (tertiary/aromatic N) is 3. The lowest BCUT2D eigenvalue weighted by Crippen LogP contribution is -2.34. The van der Waals surface area contributed by atoms with E-state index in [-0.39, 0.29) is 17.3 Å². The summed E-state index contributed by atoms with van der Waals surface area (Å²) in [5.41, 5.74) is -0.0973. The summed E-state index contributed by atoms with van der Waals surface area (Å²) >= 11 is 0. The lowest BCUT2D eigenvalue weighted by molar-refractivity contribution is 0.0694. The first kappa shape index (κ1) is 15.5. The summed E-state index contributed by atoms with van der Waals surface area (Å²) in [5.74, 6) is -0.581. The number of ether oxygens (including phenoxy) is 2. The molecule has 1 N–H and O–H groups in total. The van der Waals surface area contributed by atoms with E-state index in [0.717, 1.165) is 0 Å². The Balaban J connectivity index is 2.09. The fourth-order valence-corrected chi connectivity index (χ4v) is 2.26. The van der Waals surface area contributed by atoms with Crippen molar-refractivity contribution in [3.8, 4) is 17.7 Å². The second-order valence-corrected chi connectivity index (χ2v) is 5.55. The number of nitriles is 1. The van der Waals surface area contributed by atoms with E-state index in [1.165, 1.54) is 18.3 Å².